The maximum atomic E-state index is 4.32. The first-order valence-electron chi connectivity index (χ1n) is 6.76. The van der Waals surface area contributed by atoms with Crippen molar-refractivity contribution in [2.24, 2.45) is 5.92 Å². The van der Waals surface area contributed by atoms with E-state index in [4.69, 9.17) is 0 Å². The quantitative estimate of drug-likeness (QED) is 0.828. The van der Waals surface area contributed by atoms with E-state index in [0.29, 0.717) is 6.04 Å². The van der Waals surface area contributed by atoms with E-state index in [0.717, 1.165) is 23.8 Å². The maximum Gasteiger partial charge on any atom is 0.160 e. The average molecular weight is 244 g/mol. The molecule has 3 rings (SSSR count). The fourth-order valence-electron chi connectivity index (χ4n) is 2.79. The van der Waals surface area contributed by atoms with Gasteiger partial charge in [-0.05, 0) is 44.9 Å². The fourth-order valence-corrected chi connectivity index (χ4v) is 2.79. The molecule has 4 heteroatoms. The first-order valence-corrected chi connectivity index (χ1v) is 6.76. The summed E-state index contributed by atoms with van der Waals surface area (Å²) in [7, 11) is 0. The van der Waals surface area contributed by atoms with Crippen LogP contribution < -0.4 is 0 Å². The second-order valence-corrected chi connectivity index (χ2v) is 5.49. The van der Waals surface area contributed by atoms with Crippen molar-refractivity contribution in [2.75, 3.05) is 13.1 Å². The van der Waals surface area contributed by atoms with Gasteiger partial charge in [-0.3, -0.25) is 4.40 Å². The molecule has 0 aromatic carbocycles. The Morgan fingerprint density at radius 1 is 1.33 bits per heavy atom. The van der Waals surface area contributed by atoms with E-state index in [1.165, 1.54) is 19.5 Å². The second kappa shape index (κ2) is 4.69. The van der Waals surface area contributed by atoms with Crippen molar-refractivity contribution in [3.8, 4) is 0 Å². The third kappa shape index (κ3) is 2.12. The Balaban J connectivity index is 1.74. The monoisotopic (exact) mass is 244 g/mol. The highest BCUT2D eigenvalue weighted by molar-refractivity contribution is 5.37. The topological polar surface area (TPSA) is 33.4 Å². The number of hydrogen-bond acceptors (Lipinski definition) is 3. The van der Waals surface area contributed by atoms with Crippen LogP contribution in [0.4, 0.5) is 0 Å². The van der Waals surface area contributed by atoms with Crippen LogP contribution in [0.1, 0.15) is 26.1 Å². The Labute approximate surface area is 108 Å². The van der Waals surface area contributed by atoms with Crippen molar-refractivity contribution in [1.82, 2.24) is 19.5 Å². The van der Waals surface area contributed by atoms with E-state index in [1.807, 2.05) is 18.2 Å². The Hall–Kier alpha value is -1.42. The van der Waals surface area contributed by atoms with Crippen LogP contribution in [-0.2, 0) is 6.42 Å². The van der Waals surface area contributed by atoms with E-state index in [2.05, 4.69) is 39.5 Å². The first kappa shape index (κ1) is 11.7. The van der Waals surface area contributed by atoms with Gasteiger partial charge < -0.3 is 4.90 Å². The van der Waals surface area contributed by atoms with Gasteiger partial charge in [-0.1, -0.05) is 6.07 Å². The lowest BCUT2D eigenvalue weighted by atomic mass is 10.0. The van der Waals surface area contributed by atoms with Crippen LogP contribution >= 0.6 is 0 Å². The van der Waals surface area contributed by atoms with Gasteiger partial charge in [0.05, 0.1) is 0 Å². The Bertz CT molecular complexity index is 531. The van der Waals surface area contributed by atoms with Gasteiger partial charge in [-0.25, -0.2) is 0 Å². The van der Waals surface area contributed by atoms with Crippen LogP contribution in [0, 0.1) is 5.92 Å². The number of aromatic nitrogens is 3. The Morgan fingerprint density at radius 2 is 2.22 bits per heavy atom. The molecule has 1 saturated heterocycles. The Morgan fingerprint density at radius 3 is 3.00 bits per heavy atom. The molecular formula is C14H20N4. The molecule has 0 N–H and O–H groups in total. The van der Waals surface area contributed by atoms with Crippen molar-refractivity contribution >= 4 is 5.65 Å². The van der Waals surface area contributed by atoms with Gasteiger partial charge in [0.25, 0.3) is 0 Å². The highest BCUT2D eigenvalue weighted by atomic mass is 15.2. The molecule has 0 amide bonds. The van der Waals surface area contributed by atoms with Crippen LogP contribution in [0.5, 0.6) is 0 Å². The summed E-state index contributed by atoms with van der Waals surface area (Å²) in [5.41, 5.74) is 0.950. The lowest BCUT2D eigenvalue weighted by Gasteiger charge is -2.19. The van der Waals surface area contributed by atoms with Gasteiger partial charge in [0.1, 0.15) is 5.82 Å². The van der Waals surface area contributed by atoms with Crippen molar-refractivity contribution in [3.05, 3.63) is 30.2 Å². The van der Waals surface area contributed by atoms with E-state index in [1.54, 1.807) is 0 Å². The molecule has 3 heterocycles. The van der Waals surface area contributed by atoms with Crippen molar-refractivity contribution in [1.29, 1.82) is 0 Å². The molecule has 0 radical (unpaired) electrons. The van der Waals surface area contributed by atoms with Crippen molar-refractivity contribution in [2.45, 2.75) is 32.7 Å². The molecule has 0 saturated carbocycles. The van der Waals surface area contributed by atoms with Gasteiger partial charge in [-0.2, -0.15) is 0 Å². The standard InChI is InChI=1S/C14H20N4/c1-11(2)17-8-6-12(10-17)9-14-16-15-13-5-3-4-7-18(13)14/h3-5,7,11-12H,6,8-10H2,1-2H3. The van der Waals surface area contributed by atoms with Crippen LogP contribution in [0.3, 0.4) is 0 Å². The minimum Gasteiger partial charge on any atom is -0.301 e. The minimum absolute atomic E-state index is 0.658. The third-order valence-corrected chi connectivity index (χ3v) is 3.90. The molecule has 1 unspecified atom stereocenters. The summed E-state index contributed by atoms with van der Waals surface area (Å²) in [4.78, 5) is 2.55. The molecule has 18 heavy (non-hydrogen) atoms. The molecule has 2 aromatic heterocycles. The van der Waals surface area contributed by atoms with Crippen LogP contribution in [0.15, 0.2) is 24.4 Å². The molecule has 1 aliphatic rings. The fraction of sp³-hybridized carbons (Fsp3) is 0.571. The highest BCUT2D eigenvalue weighted by Gasteiger charge is 2.25. The predicted octanol–water partition coefficient (Wildman–Crippen LogP) is 2.00. The average Bonchev–Trinajstić information content (AvgIpc) is 2.98. The summed E-state index contributed by atoms with van der Waals surface area (Å²) in [5, 5.41) is 8.54. The van der Waals surface area contributed by atoms with Crippen LogP contribution in [0.25, 0.3) is 5.65 Å². The minimum atomic E-state index is 0.658. The van der Waals surface area contributed by atoms with Gasteiger partial charge in [-0.15, -0.1) is 10.2 Å². The maximum absolute atomic E-state index is 4.32. The first-order chi connectivity index (χ1) is 8.74. The lowest BCUT2D eigenvalue weighted by molar-refractivity contribution is 0.264. The van der Waals surface area contributed by atoms with Crippen molar-refractivity contribution in [3.63, 3.8) is 0 Å². The molecule has 4 nitrogen and oxygen atoms in total. The van der Waals surface area contributed by atoms with Gasteiger partial charge in [0, 0.05) is 25.2 Å². The Kier molecular flexibility index (Phi) is 3.04. The number of nitrogens with zero attached hydrogens (tertiary/aromatic N) is 4. The summed E-state index contributed by atoms with van der Waals surface area (Å²) >= 11 is 0. The molecule has 0 bridgehead atoms. The summed E-state index contributed by atoms with van der Waals surface area (Å²) < 4.78 is 2.11. The molecule has 0 aliphatic carbocycles. The molecule has 96 valence electrons. The third-order valence-electron chi connectivity index (χ3n) is 3.90. The van der Waals surface area contributed by atoms with Gasteiger partial charge >= 0.3 is 0 Å². The number of fused-ring (bicyclic) bond motifs is 1. The number of hydrogen-bond donors (Lipinski definition) is 0. The lowest BCUT2D eigenvalue weighted by Crippen LogP contribution is -2.28. The smallest absolute Gasteiger partial charge is 0.160 e. The van der Waals surface area contributed by atoms with Crippen molar-refractivity contribution < 1.29 is 0 Å². The number of rotatable bonds is 3. The number of likely N-dealkylation sites (tertiary alicyclic amines) is 1. The molecule has 0 spiro atoms. The molecule has 2 aromatic rings. The SMILES string of the molecule is CC(C)N1CCC(Cc2nnc3ccccn23)C1. The highest BCUT2D eigenvalue weighted by Crippen LogP contribution is 2.21. The van der Waals surface area contributed by atoms with E-state index in [-0.39, 0.29) is 0 Å². The van der Waals surface area contributed by atoms with Gasteiger partial charge in [0.15, 0.2) is 5.65 Å². The summed E-state index contributed by atoms with van der Waals surface area (Å²) in [5.74, 6) is 1.82. The van der Waals surface area contributed by atoms with E-state index >= 15 is 0 Å². The predicted molar refractivity (Wildman–Crippen MR) is 71.5 cm³/mol. The van der Waals surface area contributed by atoms with Crippen LogP contribution in [0.2, 0.25) is 0 Å². The normalized spacial score (nSPS) is 21.2. The number of pyridine rings is 1. The van der Waals surface area contributed by atoms with E-state index < -0.39 is 0 Å². The van der Waals surface area contributed by atoms with Crippen LogP contribution in [-0.4, -0.2) is 38.6 Å². The summed E-state index contributed by atoms with van der Waals surface area (Å²) in [6.45, 7) is 6.96. The summed E-state index contributed by atoms with van der Waals surface area (Å²) in [6, 6.07) is 6.70. The zero-order valence-electron chi connectivity index (χ0n) is 11.1. The molecule has 1 atom stereocenters. The zero-order valence-corrected chi connectivity index (χ0v) is 11.1. The largest absolute Gasteiger partial charge is 0.301 e. The molecular weight excluding hydrogens is 224 g/mol. The van der Waals surface area contributed by atoms with Gasteiger partial charge in [0.2, 0.25) is 0 Å². The second-order valence-electron chi connectivity index (χ2n) is 5.49. The zero-order chi connectivity index (χ0) is 12.5. The molecule has 1 fully saturated rings. The summed E-state index contributed by atoms with van der Waals surface area (Å²) in [6.07, 6.45) is 4.37. The van der Waals surface area contributed by atoms with E-state index in [9.17, 15) is 0 Å². The molecule has 1 aliphatic heterocycles.